The van der Waals surface area contributed by atoms with E-state index in [2.05, 4.69) is 44.9 Å². The number of aromatic nitrogens is 3. The van der Waals surface area contributed by atoms with Gasteiger partial charge < -0.3 is 20.1 Å². The first-order valence-electron chi connectivity index (χ1n) is 10.5. The first-order chi connectivity index (χ1) is 14.3. The van der Waals surface area contributed by atoms with E-state index < -0.39 is 0 Å². The van der Waals surface area contributed by atoms with E-state index in [0.29, 0.717) is 12.5 Å². The van der Waals surface area contributed by atoms with Crippen LogP contribution in [-0.2, 0) is 16.0 Å². The number of benzene rings is 1. The van der Waals surface area contributed by atoms with Gasteiger partial charge in [0, 0.05) is 45.1 Å². The number of aliphatic imine (C=N–C) groups is 1. The van der Waals surface area contributed by atoms with Gasteiger partial charge in [0.1, 0.15) is 6.33 Å². The van der Waals surface area contributed by atoms with Crippen molar-refractivity contribution in [1.29, 1.82) is 0 Å². The molecular formula is C21H33IN6O2. The second-order valence-corrected chi connectivity index (χ2v) is 7.14. The van der Waals surface area contributed by atoms with Gasteiger partial charge in [-0.25, -0.2) is 9.98 Å². The van der Waals surface area contributed by atoms with Crippen molar-refractivity contribution in [2.24, 2.45) is 10.9 Å². The molecule has 30 heavy (non-hydrogen) atoms. The number of hydrogen-bond donors (Lipinski definition) is 3. The summed E-state index contributed by atoms with van der Waals surface area (Å²) in [4.78, 5) is 8.89. The Labute approximate surface area is 195 Å². The molecule has 1 aliphatic rings. The SMILES string of the molecule is CCNC(=NCc1cccc(-c2ncn[nH]2)c1)NCCCOCC1CCOCC1.I. The van der Waals surface area contributed by atoms with Crippen molar-refractivity contribution in [3.05, 3.63) is 36.2 Å². The van der Waals surface area contributed by atoms with Gasteiger partial charge in [0.2, 0.25) is 0 Å². The lowest BCUT2D eigenvalue weighted by atomic mass is 10.0. The molecule has 0 unspecified atom stereocenters. The quantitative estimate of drug-likeness (QED) is 0.190. The number of aromatic amines is 1. The summed E-state index contributed by atoms with van der Waals surface area (Å²) in [6.07, 6.45) is 4.70. The number of H-pyrrole nitrogens is 1. The average molecular weight is 528 g/mol. The number of nitrogens with one attached hydrogen (secondary N) is 3. The van der Waals surface area contributed by atoms with E-state index in [9.17, 15) is 0 Å². The van der Waals surface area contributed by atoms with Crippen LogP contribution in [0.3, 0.4) is 0 Å². The molecule has 0 amide bonds. The van der Waals surface area contributed by atoms with Crippen molar-refractivity contribution >= 4 is 29.9 Å². The third kappa shape index (κ3) is 8.57. The van der Waals surface area contributed by atoms with E-state index in [1.165, 1.54) is 6.33 Å². The Kier molecular flexibility index (Phi) is 11.7. The standard InChI is InChI=1S/C21H32N6O2.HI/c1-2-22-21(23-9-4-10-29-15-17-7-11-28-12-8-17)24-14-18-5-3-6-19(13-18)20-25-16-26-27-20;/h3,5-6,13,16-17H,2,4,7-12,14-15H2,1H3,(H2,22,23,24)(H,25,26,27);1H. The van der Waals surface area contributed by atoms with Crippen LogP contribution in [0.25, 0.3) is 11.4 Å². The second kappa shape index (κ2) is 14.3. The van der Waals surface area contributed by atoms with E-state index in [-0.39, 0.29) is 24.0 Å². The van der Waals surface area contributed by atoms with Crippen LogP contribution in [0, 0.1) is 5.92 Å². The summed E-state index contributed by atoms with van der Waals surface area (Å²) in [6, 6.07) is 8.17. The van der Waals surface area contributed by atoms with Crippen molar-refractivity contribution in [1.82, 2.24) is 25.8 Å². The van der Waals surface area contributed by atoms with Crippen LogP contribution in [0.5, 0.6) is 0 Å². The zero-order valence-electron chi connectivity index (χ0n) is 17.6. The monoisotopic (exact) mass is 528 g/mol. The fourth-order valence-electron chi connectivity index (χ4n) is 3.22. The molecular weight excluding hydrogens is 495 g/mol. The fourth-order valence-corrected chi connectivity index (χ4v) is 3.22. The highest BCUT2D eigenvalue weighted by atomic mass is 127. The summed E-state index contributed by atoms with van der Waals surface area (Å²) in [5.41, 5.74) is 2.13. The highest BCUT2D eigenvalue weighted by Gasteiger charge is 2.13. The van der Waals surface area contributed by atoms with Crippen molar-refractivity contribution < 1.29 is 9.47 Å². The highest BCUT2D eigenvalue weighted by Crippen LogP contribution is 2.16. The van der Waals surface area contributed by atoms with Gasteiger partial charge in [-0.15, -0.1) is 24.0 Å². The highest BCUT2D eigenvalue weighted by molar-refractivity contribution is 14.0. The molecule has 1 fully saturated rings. The summed E-state index contributed by atoms with van der Waals surface area (Å²) in [5.74, 6) is 2.24. The van der Waals surface area contributed by atoms with E-state index >= 15 is 0 Å². The second-order valence-electron chi connectivity index (χ2n) is 7.14. The summed E-state index contributed by atoms with van der Waals surface area (Å²) in [6.45, 7) is 7.68. The molecule has 2 aromatic rings. The van der Waals surface area contributed by atoms with Crippen LogP contribution in [0.15, 0.2) is 35.6 Å². The van der Waals surface area contributed by atoms with E-state index in [0.717, 1.165) is 81.7 Å². The summed E-state index contributed by atoms with van der Waals surface area (Å²) in [7, 11) is 0. The Balaban J connectivity index is 0.00000320. The van der Waals surface area contributed by atoms with E-state index in [4.69, 9.17) is 14.5 Å². The van der Waals surface area contributed by atoms with Crippen LogP contribution >= 0.6 is 24.0 Å². The summed E-state index contributed by atoms with van der Waals surface area (Å²) in [5, 5.41) is 13.5. The lowest BCUT2D eigenvalue weighted by Gasteiger charge is -2.21. The Hall–Kier alpha value is -1.72. The average Bonchev–Trinajstić information content (AvgIpc) is 3.30. The smallest absolute Gasteiger partial charge is 0.191 e. The normalized spacial score (nSPS) is 14.9. The van der Waals surface area contributed by atoms with Crippen LogP contribution in [0.2, 0.25) is 0 Å². The summed E-state index contributed by atoms with van der Waals surface area (Å²) >= 11 is 0. The molecule has 9 heteroatoms. The van der Waals surface area contributed by atoms with Crippen molar-refractivity contribution in [3.63, 3.8) is 0 Å². The maximum atomic E-state index is 5.82. The number of rotatable bonds is 10. The molecule has 0 bridgehead atoms. The van der Waals surface area contributed by atoms with Gasteiger partial charge in [-0.3, -0.25) is 5.10 Å². The summed E-state index contributed by atoms with van der Waals surface area (Å²) < 4.78 is 11.2. The Morgan fingerprint density at radius 3 is 2.93 bits per heavy atom. The minimum atomic E-state index is 0. The van der Waals surface area contributed by atoms with Crippen molar-refractivity contribution in [3.8, 4) is 11.4 Å². The third-order valence-electron chi connectivity index (χ3n) is 4.83. The molecule has 166 valence electrons. The molecule has 0 saturated carbocycles. The van der Waals surface area contributed by atoms with Gasteiger partial charge in [0.25, 0.3) is 0 Å². The van der Waals surface area contributed by atoms with Crippen LogP contribution in [-0.4, -0.2) is 60.7 Å². The molecule has 0 aliphatic carbocycles. The number of halogens is 1. The Morgan fingerprint density at radius 1 is 1.30 bits per heavy atom. The molecule has 3 rings (SSSR count). The maximum Gasteiger partial charge on any atom is 0.191 e. The fraction of sp³-hybridized carbons (Fsp3) is 0.571. The van der Waals surface area contributed by atoms with E-state index in [1.807, 2.05) is 12.1 Å². The largest absolute Gasteiger partial charge is 0.381 e. The van der Waals surface area contributed by atoms with Gasteiger partial charge in [0.05, 0.1) is 6.54 Å². The zero-order valence-corrected chi connectivity index (χ0v) is 19.9. The molecule has 0 atom stereocenters. The Morgan fingerprint density at radius 2 is 2.17 bits per heavy atom. The van der Waals surface area contributed by atoms with Crippen LogP contribution < -0.4 is 10.6 Å². The molecule has 1 aromatic heterocycles. The molecule has 8 nitrogen and oxygen atoms in total. The minimum absolute atomic E-state index is 0. The van der Waals surface area contributed by atoms with E-state index in [1.54, 1.807) is 0 Å². The Bertz CT molecular complexity index is 735. The predicted octanol–water partition coefficient (Wildman–Crippen LogP) is 2.98. The lowest BCUT2D eigenvalue weighted by molar-refractivity contribution is 0.0203. The molecule has 0 radical (unpaired) electrons. The maximum absolute atomic E-state index is 5.82. The van der Waals surface area contributed by atoms with Gasteiger partial charge >= 0.3 is 0 Å². The van der Waals surface area contributed by atoms with Crippen molar-refractivity contribution in [2.45, 2.75) is 32.7 Å². The molecule has 1 saturated heterocycles. The number of nitrogens with zero attached hydrogens (tertiary/aromatic N) is 3. The molecule has 1 aromatic carbocycles. The number of guanidine groups is 1. The third-order valence-corrected chi connectivity index (χ3v) is 4.83. The molecule has 3 N–H and O–H groups in total. The zero-order chi connectivity index (χ0) is 20.2. The number of ether oxygens (including phenoxy) is 2. The topological polar surface area (TPSA) is 96.5 Å². The van der Waals surface area contributed by atoms with Crippen LogP contribution in [0.1, 0.15) is 31.7 Å². The van der Waals surface area contributed by atoms with Gasteiger partial charge in [-0.1, -0.05) is 18.2 Å². The lowest BCUT2D eigenvalue weighted by Crippen LogP contribution is -2.38. The molecule has 2 heterocycles. The van der Waals surface area contributed by atoms with Gasteiger partial charge in [-0.05, 0) is 43.7 Å². The predicted molar refractivity (Wildman–Crippen MR) is 129 cm³/mol. The van der Waals surface area contributed by atoms with Crippen molar-refractivity contribution in [2.75, 3.05) is 39.5 Å². The minimum Gasteiger partial charge on any atom is -0.381 e. The van der Waals surface area contributed by atoms with Crippen LogP contribution in [0.4, 0.5) is 0 Å². The molecule has 1 aliphatic heterocycles. The first-order valence-corrected chi connectivity index (χ1v) is 10.5. The number of hydrogen-bond acceptors (Lipinski definition) is 5. The molecule has 0 spiro atoms. The van der Waals surface area contributed by atoms with Gasteiger partial charge in [-0.2, -0.15) is 5.10 Å². The van der Waals surface area contributed by atoms with Gasteiger partial charge in [0.15, 0.2) is 11.8 Å². The first kappa shape index (κ1) is 24.5.